The molecule has 0 radical (unpaired) electrons. The number of benzene rings is 2. The highest BCUT2D eigenvalue weighted by atomic mass is 32.1. The molecule has 1 saturated heterocycles. The predicted molar refractivity (Wildman–Crippen MR) is 149 cm³/mol. The van der Waals surface area contributed by atoms with Gasteiger partial charge in [-0.1, -0.05) is 23.8 Å². The number of aromatic nitrogens is 3. The van der Waals surface area contributed by atoms with Crippen LogP contribution in [-0.2, 0) is 0 Å². The standard InChI is InChI=1S/C30H25N5OS/c1-21-7-11-24(12-8-21)36-25-13-9-23(10-14-25)35-29(28(33-30(35)37)26-5-2-3-17-32-26)27-6-4-20-34(27)22-15-18-31-19-16-22/h2-20,28-29H,1H3,(H,33,37)/t28-,29+/m1/s1. The Kier molecular flexibility index (Phi) is 6.12. The number of rotatable bonds is 6. The maximum Gasteiger partial charge on any atom is 0.174 e. The summed E-state index contributed by atoms with van der Waals surface area (Å²) in [5, 5.41) is 4.18. The van der Waals surface area contributed by atoms with Crippen molar-refractivity contribution in [2.75, 3.05) is 4.90 Å². The van der Waals surface area contributed by atoms with E-state index < -0.39 is 0 Å². The van der Waals surface area contributed by atoms with Gasteiger partial charge < -0.3 is 19.5 Å². The summed E-state index contributed by atoms with van der Waals surface area (Å²) in [5.41, 5.74) is 5.23. The third kappa shape index (κ3) is 4.57. The number of nitrogens with one attached hydrogen (secondary N) is 1. The van der Waals surface area contributed by atoms with Crippen LogP contribution in [-0.4, -0.2) is 19.6 Å². The van der Waals surface area contributed by atoms with Gasteiger partial charge in [0, 0.05) is 41.9 Å². The van der Waals surface area contributed by atoms with E-state index in [-0.39, 0.29) is 12.1 Å². The monoisotopic (exact) mass is 503 g/mol. The van der Waals surface area contributed by atoms with Crippen molar-refractivity contribution in [1.82, 2.24) is 19.9 Å². The van der Waals surface area contributed by atoms with Crippen molar-refractivity contribution in [3.8, 4) is 17.2 Å². The summed E-state index contributed by atoms with van der Waals surface area (Å²) < 4.78 is 8.24. The average Bonchev–Trinajstić information content (AvgIpc) is 3.56. The van der Waals surface area contributed by atoms with Gasteiger partial charge in [-0.2, -0.15) is 0 Å². The summed E-state index contributed by atoms with van der Waals surface area (Å²) in [6.45, 7) is 2.06. The molecule has 6 rings (SSSR count). The molecule has 5 aromatic rings. The fraction of sp³-hybridized carbons (Fsp3) is 0.100. The highest BCUT2D eigenvalue weighted by molar-refractivity contribution is 7.80. The number of anilines is 1. The van der Waals surface area contributed by atoms with Gasteiger partial charge in [-0.05, 0) is 91.9 Å². The summed E-state index contributed by atoms with van der Waals surface area (Å²) in [7, 11) is 0. The molecular weight excluding hydrogens is 478 g/mol. The lowest BCUT2D eigenvalue weighted by molar-refractivity contribution is 0.482. The van der Waals surface area contributed by atoms with Crippen LogP contribution in [0.4, 0.5) is 5.69 Å². The first-order valence-electron chi connectivity index (χ1n) is 12.1. The second kappa shape index (κ2) is 9.87. The molecule has 1 aliphatic rings. The Labute approximate surface area is 221 Å². The van der Waals surface area contributed by atoms with Gasteiger partial charge in [0.05, 0.1) is 11.7 Å². The van der Waals surface area contributed by atoms with Gasteiger partial charge >= 0.3 is 0 Å². The van der Waals surface area contributed by atoms with Crippen LogP contribution < -0.4 is 15.0 Å². The highest BCUT2D eigenvalue weighted by Crippen LogP contribution is 2.42. The number of ether oxygens (including phenoxy) is 1. The zero-order chi connectivity index (χ0) is 25.2. The third-order valence-electron chi connectivity index (χ3n) is 6.49. The molecule has 7 heteroatoms. The molecule has 1 N–H and O–H groups in total. The lowest BCUT2D eigenvalue weighted by Crippen LogP contribution is -2.30. The molecular formula is C30H25N5OS. The van der Waals surface area contributed by atoms with E-state index in [0.29, 0.717) is 5.11 Å². The summed E-state index contributed by atoms with van der Waals surface area (Å²) in [6, 6.07) is 30.0. The van der Waals surface area contributed by atoms with Crippen LogP contribution >= 0.6 is 12.2 Å². The van der Waals surface area contributed by atoms with E-state index in [1.165, 1.54) is 5.56 Å². The fourth-order valence-corrected chi connectivity index (χ4v) is 5.07. The molecule has 0 amide bonds. The maximum absolute atomic E-state index is 6.06. The molecule has 1 fully saturated rings. The normalized spacial score (nSPS) is 17.0. The number of pyridine rings is 2. The molecule has 4 heterocycles. The summed E-state index contributed by atoms with van der Waals surface area (Å²) in [6.07, 6.45) is 7.49. The van der Waals surface area contributed by atoms with E-state index in [1.54, 1.807) is 12.4 Å². The second-order valence-electron chi connectivity index (χ2n) is 8.91. The molecule has 37 heavy (non-hydrogen) atoms. The number of nitrogens with zero attached hydrogens (tertiary/aromatic N) is 4. The SMILES string of the molecule is Cc1ccc(Oc2ccc(N3C(=S)N[C@H](c4ccccn4)[C@@H]3c3cccn3-c3ccncc3)cc2)cc1. The zero-order valence-corrected chi connectivity index (χ0v) is 21.0. The van der Waals surface area contributed by atoms with Crippen molar-refractivity contribution in [2.45, 2.75) is 19.0 Å². The number of hydrogen-bond donors (Lipinski definition) is 1. The molecule has 0 aliphatic carbocycles. The van der Waals surface area contributed by atoms with Gasteiger partial charge in [-0.25, -0.2) is 0 Å². The van der Waals surface area contributed by atoms with Crippen LogP contribution in [0.5, 0.6) is 11.5 Å². The van der Waals surface area contributed by atoms with Crippen LogP contribution in [0.25, 0.3) is 5.69 Å². The first kappa shape index (κ1) is 22.9. The molecule has 0 bridgehead atoms. The van der Waals surface area contributed by atoms with E-state index in [0.717, 1.165) is 34.3 Å². The van der Waals surface area contributed by atoms with Gasteiger partial charge in [0.15, 0.2) is 5.11 Å². The average molecular weight is 504 g/mol. The summed E-state index contributed by atoms with van der Waals surface area (Å²) in [5.74, 6) is 1.57. The van der Waals surface area contributed by atoms with Gasteiger partial charge in [-0.3, -0.25) is 9.97 Å². The molecule has 2 atom stereocenters. The first-order valence-corrected chi connectivity index (χ1v) is 12.5. The van der Waals surface area contributed by atoms with Crippen molar-refractivity contribution >= 4 is 23.0 Å². The lowest BCUT2D eigenvalue weighted by atomic mass is 10.0. The minimum Gasteiger partial charge on any atom is -0.457 e. The minimum absolute atomic E-state index is 0.130. The van der Waals surface area contributed by atoms with Crippen LogP contribution in [0.3, 0.4) is 0 Å². The van der Waals surface area contributed by atoms with Gasteiger partial charge in [0.25, 0.3) is 0 Å². The van der Waals surface area contributed by atoms with E-state index in [2.05, 4.69) is 50.0 Å². The van der Waals surface area contributed by atoms with Crippen molar-refractivity contribution in [3.63, 3.8) is 0 Å². The van der Waals surface area contributed by atoms with E-state index in [1.807, 2.05) is 85.1 Å². The van der Waals surface area contributed by atoms with Crippen molar-refractivity contribution in [1.29, 1.82) is 0 Å². The molecule has 0 unspecified atom stereocenters. The Bertz CT molecular complexity index is 1500. The minimum atomic E-state index is -0.132. The molecule has 0 saturated carbocycles. The van der Waals surface area contributed by atoms with E-state index in [4.69, 9.17) is 17.0 Å². The smallest absolute Gasteiger partial charge is 0.174 e. The Balaban J connectivity index is 1.38. The Morgan fingerprint density at radius 3 is 2.22 bits per heavy atom. The largest absolute Gasteiger partial charge is 0.457 e. The van der Waals surface area contributed by atoms with Gasteiger partial charge in [0.2, 0.25) is 0 Å². The quantitative estimate of drug-likeness (QED) is 0.265. The number of hydrogen-bond acceptors (Lipinski definition) is 4. The zero-order valence-electron chi connectivity index (χ0n) is 20.2. The van der Waals surface area contributed by atoms with Crippen LogP contribution in [0, 0.1) is 6.92 Å². The number of aryl methyl sites for hydroxylation is 1. The lowest BCUT2D eigenvalue weighted by Gasteiger charge is -2.29. The molecule has 3 aromatic heterocycles. The molecule has 6 nitrogen and oxygen atoms in total. The Morgan fingerprint density at radius 2 is 1.51 bits per heavy atom. The Morgan fingerprint density at radius 1 is 0.784 bits per heavy atom. The van der Waals surface area contributed by atoms with Crippen molar-refractivity contribution in [2.24, 2.45) is 0 Å². The maximum atomic E-state index is 6.06. The number of thiocarbonyl (C=S) groups is 1. The second-order valence-corrected chi connectivity index (χ2v) is 9.30. The van der Waals surface area contributed by atoms with Crippen molar-refractivity contribution in [3.05, 3.63) is 133 Å². The predicted octanol–water partition coefficient (Wildman–Crippen LogP) is 6.55. The van der Waals surface area contributed by atoms with Crippen LogP contribution in [0.2, 0.25) is 0 Å². The third-order valence-corrected chi connectivity index (χ3v) is 6.81. The Hall–Kier alpha value is -4.49. The molecule has 182 valence electrons. The van der Waals surface area contributed by atoms with Crippen LogP contribution in [0.1, 0.15) is 29.0 Å². The summed E-state index contributed by atoms with van der Waals surface area (Å²) in [4.78, 5) is 11.0. The van der Waals surface area contributed by atoms with E-state index >= 15 is 0 Å². The molecule has 2 aromatic carbocycles. The first-order chi connectivity index (χ1) is 18.2. The fourth-order valence-electron chi connectivity index (χ4n) is 4.73. The highest BCUT2D eigenvalue weighted by Gasteiger charge is 2.42. The van der Waals surface area contributed by atoms with Gasteiger partial charge in [0.1, 0.15) is 17.5 Å². The topological polar surface area (TPSA) is 55.2 Å². The van der Waals surface area contributed by atoms with Crippen molar-refractivity contribution < 1.29 is 4.74 Å². The van der Waals surface area contributed by atoms with Crippen LogP contribution in [0.15, 0.2) is 116 Å². The van der Waals surface area contributed by atoms with Gasteiger partial charge in [-0.15, -0.1) is 0 Å². The summed E-state index contributed by atoms with van der Waals surface area (Å²) >= 11 is 5.90. The molecule has 0 spiro atoms. The molecule has 1 aliphatic heterocycles. The van der Waals surface area contributed by atoms with E-state index in [9.17, 15) is 0 Å².